The van der Waals surface area contributed by atoms with Gasteiger partial charge in [-0.15, -0.1) is 24.8 Å². The summed E-state index contributed by atoms with van der Waals surface area (Å²) in [5.41, 5.74) is 5.16. The normalized spacial score (nSPS) is 10.5. The van der Waals surface area contributed by atoms with Crippen LogP contribution >= 0.6 is 49.2 Å². The van der Waals surface area contributed by atoms with E-state index in [9.17, 15) is 0 Å². The predicted molar refractivity (Wildman–Crippen MR) is 230 cm³/mol. The van der Waals surface area contributed by atoms with Gasteiger partial charge in [0.1, 0.15) is 0 Å². The molecule has 0 amide bonds. The number of unbranched alkanes of at least 4 members (excludes halogenated alkanes) is 2. The van der Waals surface area contributed by atoms with Gasteiger partial charge in [-0.2, -0.15) is 0 Å². The Bertz CT molecular complexity index is 1260. The van der Waals surface area contributed by atoms with Gasteiger partial charge in [-0.3, -0.25) is 0 Å². The quantitative estimate of drug-likeness (QED) is 0.0362. The summed E-state index contributed by atoms with van der Waals surface area (Å²) in [6.45, 7) is 7.36. The van der Waals surface area contributed by atoms with Gasteiger partial charge in [0, 0.05) is 38.0 Å². The summed E-state index contributed by atoms with van der Waals surface area (Å²) < 4.78 is 0. The van der Waals surface area contributed by atoms with Crippen molar-refractivity contribution >= 4 is 59.5 Å². The largest absolute Gasteiger partial charge is 0.363 e. The molecular weight excluding hydrogens is 712 g/mol. The summed E-state index contributed by atoms with van der Waals surface area (Å²) in [6.07, 6.45) is 5.70. The van der Waals surface area contributed by atoms with E-state index in [1.165, 1.54) is 41.5 Å². The molecule has 6 nitrogen and oxygen atoms in total. The highest BCUT2D eigenvalue weighted by Crippen LogP contribution is 2.24. The van der Waals surface area contributed by atoms with Crippen molar-refractivity contribution in [3.05, 3.63) is 144 Å². The van der Waals surface area contributed by atoms with Crippen molar-refractivity contribution in [1.82, 2.24) is 31.9 Å². The molecule has 6 N–H and O–H groups in total. The molecule has 0 saturated heterocycles. The Balaban J connectivity index is 0.00000451. The van der Waals surface area contributed by atoms with Crippen LogP contribution in [-0.2, 0) is 0 Å². The molecular formula is C41H56Cl2N6S2. The zero-order valence-electron chi connectivity index (χ0n) is 29.5. The van der Waals surface area contributed by atoms with E-state index in [4.69, 9.17) is 24.4 Å². The molecule has 0 fully saturated rings. The number of thiocarbonyl (C=S) groups is 2. The summed E-state index contributed by atoms with van der Waals surface area (Å²) in [6, 6.07) is 42.5. The SMILES string of the molecule is Cl.Cl.S=C(NCCCNCCCCCNCCCNC(=S)NCC(c1ccccc1)c1ccccc1)NCC(c1ccccc1)c1ccccc1. The van der Waals surface area contributed by atoms with Crippen molar-refractivity contribution in [2.45, 2.75) is 43.9 Å². The molecule has 10 heteroatoms. The van der Waals surface area contributed by atoms with Crippen LogP contribution in [0.1, 0.15) is 66.2 Å². The Hall–Kier alpha value is -3.24. The van der Waals surface area contributed by atoms with Gasteiger partial charge in [0.25, 0.3) is 0 Å². The maximum atomic E-state index is 5.57. The van der Waals surface area contributed by atoms with E-state index >= 15 is 0 Å². The van der Waals surface area contributed by atoms with E-state index in [0.717, 1.165) is 75.4 Å². The lowest BCUT2D eigenvalue weighted by Gasteiger charge is -2.20. The molecule has 276 valence electrons. The second-order valence-electron chi connectivity index (χ2n) is 12.3. The van der Waals surface area contributed by atoms with Crippen LogP contribution in [-0.4, -0.2) is 62.6 Å². The average Bonchev–Trinajstić information content (AvgIpc) is 3.15. The number of hydrogen-bond donors (Lipinski definition) is 6. The summed E-state index contributed by atoms with van der Waals surface area (Å²) >= 11 is 11.1. The van der Waals surface area contributed by atoms with Crippen molar-refractivity contribution in [2.75, 3.05) is 52.4 Å². The number of benzene rings is 4. The van der Waals surface area contributed by atoms with Crippen LogP contribution < -0.4 is 31.9 Å². The summed E-state index contributed by atoms with van der Waals surface area (Å²) in [5.74, 6) is 0.513. The topological polar surface area (TPSA) is 72.2 Å². The van der Waals surface area contributed by atoms with Gasteiger partial charge >= 0.3 is 0 Å². The lowest BCUT2D eigenvalue weighted by atomic mass is 9.91. The van der Waals surface area contributed by atoms with Crippen molar-refractivity contribution in [3.63, 3.8) is 0 Å². The minimum atomic E-state index is 0. The van der Waals surface area contributed by atoms with Gasteiger partial charge in [0.15, 0.2) is 10.2 Å². The van der Waals surface area contributed by atoms with Crippen LogP contribution in [0, 0.1) is 0 Å². The van der Waals surface area contributed by atoms with E-state index < -0.39 is 0 Å². The van der Waals surface area contributed by atoms with E-state index in [1.54, 1.807) is 0 Å². The maximum Gasteiger partial charge on any atom is 0.166 e. The first-order chi connectivity index (χ1) is 24.2. The van der Waals surface area contributed by atoms with E-state index in [-0.39, 0.29) is 36.6 Å². The first kappa shape index (κ1) is 43.9. The van der Waals surface area contributed by atoms with Gasteiger partial charge in [0.05, 0.1) is 0 Å². The van der Waals surface area contributed by atoms with Crippen molar-refractivity contribution in [3.8, 4) is 0 Å². The molecule has 4 aromatic carbocycles. The van der Waals surface area contributed by atoms with Gasteiger partial charge in [-0.25, -0.2) is 0 Å². The molecule has 0 aliphatic rings. The maximum absolute atomic E-state index is 5.57. The standard InChI is InChI=1S/C41H54N6S2.2ClH/c48-40(46-32-38(34-18-6-1-7-19-34)35-20-8-2-9-21-35)44-30-16-28-42-26-14-5-15-27-43-29-17-31-45-41(49)47-33-39(36-22-10-3-11-23-36)37-24-12-4-13-25-37;;/h1-4,6-13,18-25,38-39,42-43H,5,14-17,26-33H2,(H2,44,46,48)(H2,45,47,49);2*1H. The fourth-order valence-electron chi connectivity index (χ4n) is 5.87. The zero-order chi connectivity index (χ0) is 34.2. The number of nitrogens with one attached hydrogen (secondary N) is 6. The van der Waals surface area contributed by atoms with Crippen LogP contribution in [0.5, 0.6) is 0 Å². The molecule has 0 heterocycles. The Morgan fingerprint density at radius 2 is 0.667 bits per heavy atom. The highest BCUT2D eigenvalue weighted by Gasteiger charge is 2.15. The second kappa shape index (κ2) is 27.4. The van der Waals surface area contributed by atoms with Crippen molar-refractivity contribution < 1.29 is 0 Å². The lowest BCUT2D eigenvalue weighted by Crippen LogP contribution is -2.38. The Labute approximate surface area is 329 Å². The molecule has 0 aliphatic carbocycles. The van der Waals surface area contributed by atoms with Crippen molar-refractivity contribution in [1.29, 1.82) is 0 Å². The van der Waals surface area contributed by atoms with Gasteiger partial charge in [-0.05, 0) is 98.6 Å². The van der Waals surface area contributed by atoms with Crippen LogP contribution in [0.2, 0.25) is 0 Å². The molecule has 4 aromatic rings. The third-order valence-corrected chi connectivity index (χ3v) is 9.16. The highest BCUT2D eigenvalue weighted by molar-refractivity contribution is 7.80. The molecule has 0 radical (unpaired) electrons. The van der Waals surface area contributed by atoms with Crippen molar-refractivity contribution in [2.24, 2.45) is 0 Å². The lowest BCUT2D eigenvalue weighted by molar-refractivity contribution is 0.557. The Morgan fingerprint density at radius 3 is 0.980 bits per heavy atom. The average molecular weight is 768 g/mol. The molecule has 0 atom stereocenters. The smallest absolute Gasteiger partial charge is 0.166 e. The fourth-order valence-corrected chi connectivity index (χ4v) is 6.24. The number of halogens is 2. The summed E-state index contributed by atoms with van der Waals surface area (Å²) in [7, 11) is 0. The Kier molecular flexibility index (Phi) is 23.6. The van der Waals surface area contributed by atoms with E-state index in [1.807, 2.05) is 0 Å². The van der Waals surface area contributed by atoms with Gasteiger partial charge in [-0.1, -0.05) is 128 Å². The number of hydrogen-bond acceptors (Lipinski definition) is 4. The molecule has 0 unspecified atom stereocenters. The second-order valence-corrected chi connectivity index (χ2v) is 13.1. The molecule has 4 rings (SSSR count). The first-order valence-electron chi connectivity index (χ1n) is 17.9. The Morgan fingerprint density at radius 1 is 0.373 bits per heavy atom. The zero-order valence-corrected chi connectivity index (χ0v) is 32.8. The molecule has 0 bridgehead atoms. The highest BCUT2D eigenvalue weighted by atomic mass is 35.5. The minimum absolute atomic E-state index is 0. The monoisotopic (exact) mass is 766 g/mol. The van der Waals surface area contributed by atoms with Crippen LogP contribution in [0.15, 0.2) is 121 Å². The van der Waals surface area contributed by atoms with E-state index in [0.29, 0.717) is 0 Å². The molecule has 0 aromatic heterocycles. The summed E-state index contributed by atoms with van der Waals surface area (Å²) in [5, 5.41) is 22.2. The third kappa shape index (κ3) is 17.7. The van der Waals surface area contributed by atoms with Gasteiger partial charge in [0.2, 0.25) is 0 Å². The van der Waals surface area contributed by atoms with E-state index in [2.05, 4.69) is 153 Å². The first-order valence-corrected chi connectivity index (χ1v) is 18.7. The molecule has 0 aliphatic heterocycles. The van der Waals surface area contributed by atoms with Crippen LogP contribution in [0.4, 0.5) is 0 Å². The molecule has 51 heavy (non-hydrogen) atoms. The third-order valence-electron chi connectivity index (χ3n) is 8.58. The number of rotatable bonds is 22. The predicted octanol–water partition coefficient (Wildman–Crippen LogP) is 7.55. The fraction of sp³-hybridized carbons (Fsp3) is 0.366. The van der Waals surface area contributed by atoms with Crippen LogP contribution in [0.3, 0.4) is 0 Å². The minimum Gasteiger partial charge on any atom is -0.363 e. The van der Waals surface area contributed by atoms with Crippen LogP contribution in [0.25, 0.3) is 0 Å². The molecule has 0 saturated carbocycles. The van der Waals surface area contributed by atoms with Gasteiger partial charge < -0.3 is 31.9 Å². The molecule has 0 spiro atoms. The summed E-state index contributed by atoms with van der Waals surface area (Å²) in [4.78, 5) is 0.